The van der Waals surface area contributed by atoms with Gasteiger partial charge in [-0.1, -0.05) is 0 Å². The fourth-order valence-electron chi connectivity index (χ4n) is 2.40. The van der Waals surface area contributed by atoms with Crippen molar-refractivity contribution in [2.24, 2.45) is 11.7 Å². The molecule has 0 saturated heterocycles. The number of nitrogens with two attached hydrogens (primary N) is 1. The van der Waals surface area contributed by atoms with E-state index in [9.17, 15) is 9.59 Å². The molecule has 1 aliphatic carbocycles. The van der Waals surface area contributed by atoms with Gasteiger partial charge in [-0.05, 0) is 37.0 Å². The lowest BCUT2D eigenvalue weighted by Gasteiger charge is -2.16. The Labute approximate surface area is 139 Å². The smallest absolute Gasteiger partial charge is 0.336 e. The summed E-state index contributed by atoms with van der Waals surface area (Å²) in [6.07, 6.45) is 2.24. The molecule has 1 heterocycles. The number of ether oxygens (including phenoxy) is 1. The zero-order valence-electron chi connectivity index (χ0n) is 12.5. The van der Waals surface area contributed by atoms with E-state index >= 15 is 0 Å². The number of amides is 1. The van der Waals surface area contributed by atoms with Crippen molar-refractivity contribution >= 4 is 29.3 Å². The Bertz CT molecular complexity index is 742. The van der Waals surface area contributed by atoms with E-state index in [0.29, 0.717) is 23.8 Å². The van der Waals surface area contributed by atoms with Gasteiger partial charge in [0.1, 0.15) is 11.3 Å². The lowest BCUT2D eigenvalue weighted by atomic mass is 10.2. The molecule has 1 fully saturated rings. The number of hydrogen-bond acceptors (Lipinski definition) is 5. The number of rotatable bonds is 6. The number of fused-ring (bicyclic) bond motifs is 1. The first kappa shape index (κ1) is 17.3. The molecule has 23 heavy (non-hydrogen) atoms. The summed E-state index contributed by atoms with van der Waals surface area (Å²) in [5.74, 6) is 0.786. The summed E-state index contributed by atoms with van der Waals surface area (Å²) < 4.78 is 10.5. The Morgan fingerprint density at radius 3 is 2.78 bits per heavy atom. The summed E-state index contributed by atoms with van der Waals surface area (Å²) in [4.78, 5) is 23.1. The average molecular weight is 339 g/mol. The highest BCUT2D eigenvalue weighted by molar-refractivity contribution is 5.85. The SMILES string of the molecule is Cl.NCC(NC(=O)COc1ccc2ccc(=O)oc2c1)C1CC1. The minimum atomic E-state index is -0.419. The molecule has 1 aliphatic rings. The normalized spacial score (nSPS) is 14.8. The van der Waals surface area contributed by atoms with Crippen LogP contribution in [0.4, 0.5) is 0 Å². The third kappa shape index (κ3) is 4.46. The van der Waals surface area contributed by atoms with E-state index in [-0.39, 0.29) is 31.0 Å². The van der Waals surface area contributed by atoms with Crippen LogP contribution in [-0.2, 0) is 4.79 Å². The van der Waals surface area contributed by atoms with Gasteiger partial charge in [0.25, 0.3) is 5.91 Å². The zero-order chi connectivity index (χ0) is 15.5. The molecule has 7 heteroatoms. The average Bonchev–Trinajstić information content (AvgIpc) is 3.35. The number of benzene rings is 1. The minimum absolute atomic E-state index is 0. The van der Waals surface area contributed by atoms with E-state index in [1.807, 2.05) is 0 Å². The Balaban J connectivity index is 0.00000192. The van der Waals surface area contributed by atoms with Gasteiger partial charge in [0.2, 0.25) is 0 Å². The second-order valence-corrected chi connectivity index (χ2v) is 5.49. The van der Waals surface area contributed by atoms with Crippen molar-refractivity contribution in [3.8, 4) is 5.75 Å². The van der Waals surface area contributed by atoms with Crippen LogP contribution in [0.5, 0.6) is 5.75 Å². The summed E-state index contributed by atoms with van der Waals surface area (Å²) in [5.41, 5.74) is 5.66. The van der Waals surface area contributed by atoms with Crippen molar-refractivity contribution < 1.29 is 13.9 Å². The lowest BCUT2D eigenvalue weighted by Crippen LogP contribution is -2.43. The molecule has 1 atom stereocenters. The summed E-state index contributed by atoms with van der Waals surface area (Å²) in [7, 11) is 0. The molecule has 0 radical (unpaired) electrons. The quantitative estimate of drug-likeness (QED) is 0.777. The number of hydrogen-bond donors (Lipinski definition) is 2. The number of carbonyl (C=O) groups excluding carboxylic acids is 1. The largest absolute Gasteiger partial charge is 0.484 e. The van der Waals surface area contributed by atoms with Crippen LogP contribution in [0.3, 0.4) is 0 Å². The number of halogens is 1. The van der Waals surface area contributed by atoms with Gasteiger partial charge in [-0.2, -0.15) is 0 Å². The fraction of sp³-hybridized carbons (Fsp3) is 0.375. The molecule has 3 N–H and O–H groups in total. The van der Waals surface area contributed by atoms with Gasteiger partial charge in [-0.3, -0.25) is 4.79 Å². The Kier molecular flexibility index (Phi) is 5.63. The molecule has 1 aromatic heterocycles. The molecule has 1 unspecified atom stereocenters. The maximum atomic E-state index is 11.9. The van der Waals surface area contributed by atoms with E-state index < -0.39 is 5.63 Å². The molecule has 6 nitrogen and oxygen atoms in total. The Hall–Kier alpha value is -2.05. The Morgan fingerprint density at radius 1 is 1.35 bits per heavy atom. The first-order chi connectivity index (χ1) is 10.7. The molecule has 124 valence electrons. The van der Waals surface area contributed by atoms with E-state index in [2.05, 4.69) is 5.32 Å². The summed E-state index contributed by atoms with van der Waals surface area (Å²) in [6.45, 7) is 0.351. The highest BCUT2D eigenvalue weighted by Crippen LogP contribution is 2.32. The van der Waals surface area contributed by atoms with Gasteiger partial charge >= 0.3 is 5.63 Å². The predicted molar refractivity (Wildman–Crippen MR) is 88.9 cm³/mol. The van der Waals surface area contributed by atoms with Crippen LogP contribution in [0.2, 0.25) is 0 Å². The van der Waals surface area contributed by atoms with Crippen LogP contribution in [0.25, 0.3) is 11.0 Å². The molecule has 0 spiro atoms. The minimum Gasteiger partial charge on any atom is -0.484 e. The maximum absolute atomic E-state index is 11.9. The van der Waals surface area contributed by atoms with Crippen LogP contribution in [0, 0.1) is 5.92 Å². The predicted octanol–water partition coefficient (Wildman–Crippen LogP) is 1.45. The van der Waals surface area contributed by atoms with Gasteiger partial charge in [0, 0.05) is 30.1 Å². The summed E-state index contributed by atoms with van der Waals surface area (Å²) >= 11 is 0. The number of carbonyl (C=O) groups is 1. The summed E-state index contributed by atoms with van der Waals surface area (Å²) in [5, 5.41) is 3.68. The van der Waals surface area contributed by atoms with Gasteiger partial charge in [0.15, 0.2) is 6.61 Å². The maximum Gasteiger partial charge on any atom is 0.336 e. The molecular weight excluding hydrogens is 320 g/mol. The second kappa shape index (κ2) is 7.48. The molecule has 3 rings (SSSR count). The van der Waals surface area contributed by atoms with Crippen LogP contribution >= 0.6 is 12.4 Å². The summed E-state index contributed by atoms with van der Waals surface area (Å²) in [6, 6.07) is 8.19. The van der Waals surface area contributed by atoms with Gasteiger partial charge < -0.3 is 20.2 Å². The van der Waals surface area contributed by atoms with Crippen molar-refractivity contribution in [1.82, 2.24) is 5.32 Å². The molecule has 1 amide bonds. The van der Waals surface area contributed by atoms with Gasteiger partial charge in [0.05, 0.1) is 0 Å². The van der Waals surface area contributed by atoms with Crippen LogP contribution in [-0.4, -0.2) is 25.1 Å². The lowest BCUT2D eigenvalue weighted by molar-refractivity contribution is -0.123. The molecule has 2 aromatic rings. The molecule has 0 aliphatic heterocycles. The van der Waals surface area contributed by atoms with E-state index in [0.717, 1.165) is 18.2 Å². The van der Waals surface area contributed by atoms with E-state index in [1.165, 1.54) is 6.07 Å². The van der Waals surface area contributed by atoms with Crippen molar-refractivity contribution in [2.45, 2.75) is 18.9 Å². The first-order valence-corrected chi connectivity index (χ1v) is 7.32. The second-order valence-electron chi connectivity index (χ2n) is 5.49. The van der Waals surface area contributed by atoms with Crippen molar-refractivity contribution in [3.05, 3.63) is 40.8 Å². The zero-order valence-corrected chi connectivity index (χ0v) is 13.3. The van der Waals surface area contributed by atoms with Crippen LogP contribution < -0.4 is 21.4 Å². The van der Waals surface area contributed by atoms with Crippen LogP contribution in [0.1, 0.15) is 12.8 Å². The molecule has 1 saturated carbocycles. The highest BCUT2D eigenvalue weighted by Gasteiger charge is 2.31. The Morgan fingerprint density at radius 2 is 2.09 bits per heavy atom. The number of nitrogens with one attached hydrogen (secondary N) is 1. The van der Waals surface area contributed by atoms with Crippen molar-refractivity contribution in [3.63, 3.8) is 0 Å². The molecule has 0 bridgehead atoms. The third-order valence-electron chi connectivity index (χ3n) is 3.76. The van der Waals surface area contributed by atoms with Crippen LogP contribution in [0.15, 0.2) is 39.5 Å². The van der Waals surface area contributed by atoms with Crippen molar-refractivity contribution in [1.29, 1.82) is 0 Å². The standard InChI is InChI=1S/C16H18N2O4.ClH/c17-8-13(10-1-2-10)18-15(19)9-21-12-5-3-11-4-6-16(20)22-14(11)7-12;/h3-7,10,13H,1-2,8-9,17H2,(H,18,19);1H. The fourth-order valence-corrected chi connectivity index (χ4v) is 2.40. The highest BCUT2D eigenvalue weighted by atomic mass is 35.5. The van der Waals surface area contributed by atoms with E-state index in [1.54, 1.807) is 24.3 Å². The van der Waals surface area contributed by atoms with Gasteiger partial charge in [-0.25, -0.2) is 4.79 Å². The third-order valence-corrected chi connectivity index (χ3v) is 3.76. The van der Waals surface area contributed by atoms with Crippen molar-refractivity contribution in [2.75, 3.05) is 13.2 Å². The molecular formula is C16H19ClN2O4. The monoisotopic (exact) mass is 338 g/mol. The molecule has 1 aromatic carbocycles. The first-order valence-electron chi connectivity index (χ1n) is 7.32. The van der Waals surface area contributed by atoms with E-state index in [4.69, 9.17) is 14.9 Å². The topological polar surface area (TPSA) is 94.6 Å². The van der Waals surface area contributed by atoms with Gasteiger partial charge in [-0.15, -0.1) is 12.4 Å².